The monoisotopic (exact) mass is 334 g/mol. The summed E-state index contributed by atoms with van der Waals surface area (Å²) in [7, 11) is 0. The van der Waals surface area contributed by atoms with Gasteiger partial charge in [0.05, 0.1) is 17.8 Å². The van der Waals surface area contributed by atoms with Crippen LogP contribution in [-0.4, -0.2) is 55.2 Å². The van der Waals surface area contributed by atoms with Gasteiger partial charge in [0.1, 0.15) is 5.82 Å². The molecular formula is C17H26N4O3. The molecule has 0 saturated carbocycles. The summed E-state index contributed by atoms with van der Waals surface area (Å²) in [5.41, 5.74) is 0.535. The van der Waals surface area contributed by atoms with Crippen LogP contribution >= 0.6 is 0 Å². The fourth-order valence-electron chi connectivity index (χ4n) is 2.73. The molecule has 1 aliphatic rings. The molecule has 0 aromatic carbocycles. The number of nitrogens with one attached hydrogen (secondary N) is 2. The number of hydrogen-bond donors (Lipinski definition) is 2. The van der Waals surface area contributed by atoms with E-state index in [1.165, 1.54) is 6.92 Å². The summed E-state index contributed by atoms with van der Waals surface area (Å²) in [6.45, 7) is 8.23. The molecule has 7 nitrogen and oxygen atoms in total. The van der Waals surface area contributed by atoms with Crippen LogP contribution in [0.25, 0.3) is 0 Å². The third-order valence-electron chi connectivity index (χ3n) is 3.77. The Bertz CT molecular complexity index is 551. The number of rotatable bonds is 6. The van der Waals surface area contributed by atoms with Gasteiger partial charge in [-0.05, 0) is 32.4 Å². The number of ether oxygens (including phenoxy) is 1. The van der Waals surface area contributed by atoms with Gasteiger partial charge in [0.2, 0.25) is 5.91 Å². The molecule has 2 atom stereocenters. The topological polar surface area (TPSA) is 83.6 Å². The Balaban J connectivity index is 1.82. The van der Waals surface area contributed by atoms with Crippen LogP contribution in [0, 0.1) is 0 Å². The lowest BCUT2D eigenvalue weighted by Gasteiger charge is -2.36. The highest BCUT2D eigenvalue weighted by atomic mass is 16.5. The fourth-order valence-corrected chi connectivity index (χ4v) is 2.73. The molecule has 2 N–H and O–H groups in total. The number of hydrogen-bond acceptors (Lipinski definition) is 5. The zero-order valence-corrected chi connectivity index (χ0v) is 14.5. The maximum atomic E-state index is 12.1. The number of amides is 2. The first kappa shape index (κ1) is 18.2. The van der Waals surface area contributed by atoms with Crippen molar-refractivity contribution in [1.29, 1.82) is 0 Å². The third kappa shape index (κ3) is 5.49. The van der Waals surface area contributed by atoms with Gasteiger partial charge in [-0.2, -0.15) is 0 Å². The van der Waals surface area contributed by atoms with E-state index in [0.717, 1.165) is 18.9 Å². The SMILES string of the molecule is CC(=O)NCCCNC(=O)c1ccc(N2C[C@@H](C)O[C@H](C)C2)nc1. The maximum Gasteiger partial charge on any atom is 0.252 e. The second-order valence-electron chi connectivity index (χ2n) is 6.16. The number of carbonyl (C=O) groups is 2. The summed E-state index contributed by atoms with van der Waals surface area (Å²) >= 11 is 0. The van der Waals surface area contributed by atoms with Crippen LogP contribution < -0.4 is 15.5 Å². The lowest BCUT2D eigenvalue weighted by molar-refractivity contribution is -0.118. The summed E-state index contributed by atoms with van der Waals surface area (Å²) in [5, 5.41) is 5.51. The molecule has 24 heavy (non-hydrogen) atoms. The maximum absolute atomic E-state index is 12.1. The van der Waals surface area contributed by atoms with Gasteiger partial charge in [-0.25, -0.2) is 4.98 Å². The molecule has 7 heteroatoms. The van der Waals surface area contributed by atoms with E-state index in [1.807, 2.05) is 19.9 Å². The molecule has 1 aromatic heterocycles. The minimum absolute atomic E-state index is 0.0622. The first-order valence-corrected chi connectivity index (χ1v) is 8.35. The lowest BCUT2D eigenvalue weighted by Crippen LogP contribution is -2.45. The highest BCUT2D eigenvalue weighted by Crippen LogP contribution is 2.18. The highest BCUT2D eigenvalue weighted by Gasteiger charge is 2.23. The van der Waals surface area contributed by atoms with E-state index < -0.39 is 0 Å². The summed E-state index contributed by atoms with van der Waals surface area (Å²) in [5.74, 6) is 0.646. The normalized spacial score (nSPS) is 20.5. The number of pyridine rings is 1. The largest absolute Gasteiger partial charge is 0.372 e. The molecule has 1 aliphatic heterocycles. The minimum atomic E-state index is -0.152. The number of nitrogens with zero attached hydrogens (tertiary/aromatic N) is 2. The highest BCUT2D eigenvalue weighted by molar-refractivity contribution is 5.94. The zero-order valence-electron chi connectivity index (χ0n) is 14.5. The van der Waals surface area contributed by atoms with Gasteiger partial charge in [0.25, 0.3) is 5.91 Å². The van der Waals surface area contributed by atoms with Gasteiger partial charge in [-0.15, -0.1) is 0 Å². The van der Waals surface area contributed by atoms with Crippen molar-refractivity contribution < 1.29 is 14.3 Å². The molecule has 2 amide bonds. The molecule has 1 aromatic rings. The quantitative estimate of drug-likeness (QED) is 0.757. The Morgan fingerprint density at radius 2 is 1.88 bits per heavy atom. The van der Waals surface area contributed by atoms with Crippen LogP contribution in [0.5, 0.6) is 0 Å². The van der Waals surface area contributed by atoms with E-state index in [2.05, 4.69) is 20.5 Å². The van der Waals surface area contributed by atoms with E-state index in [1.54, 1.807) is 12.3 Å². The van der Waals surface area contributed by atoms with Crippen molar-refractivity contribution in [1.82, 2.24) is 15.6 Å². The molecule has 2 rings (SSSR count). The molecule has 1 fully saturated rings. The van der Waals surface area contributed by atoms with Crippen molar-refractivity contribution in [3.05, 3.63) is 23.9 Å². The summed E-state index contributed by atoms with van der Waals surface area (Å²) in [6.07, 6.45) is 2.63. The minimum Gasteiger partial charge on any atom is -0.372 e. The van der Waals surface area contributed by atoms with E-state index in [0.29, 0.717) is 25.1 Å². The predicted octanol–water partition coefficient (Wildman–Crippen LogP) is 0.951. The van der Waals surface area contributed by atoms with Crippen molar-refractivity contribution in [3.8, 4) is 0 Å². The molecular weight excluding hydrogens is 308 g/mol. The van der Waals surface area contributed by atoms with E-state index in [-0.39, 0.29) is 24.0 Å². The number of anilines is 1. The first-order valence-electron chi connectivity index (χ1n) is 8.35. The summed E-state index contributed by atoms with van der Waals surface area (Å²) in [4.78, 5) is 29.4. The van der Waals surface area contributed by atoms with Crippen LogP contribution in [0.4, 0.5) is 5.82 Å². The van der Waals surface area contributed by atoms with Gasteiger partial charge in [0.15, 0.2) is 0 Å². The second-order valence-corrected chi connectivity index (χ2v) is 6.16. The van der Waals surface area contributed by atoms with Gasteiger partial charge in [-0.1, -0.05) is 0 Å². The van der Waals surface area contributed by atoms with Crippen molar-refractivity contribution in [2.45, 2.75) is 39.4 Å². The van der Waals surface area contributed by atoms with Gasteiger partial charge < -0.3 is 20.3 Å². The lowest BCUT2D eigenvalue weighted by atomic mass is 10.2. The zero-order chi connectivity index (χ0) is 17.5. The Hall–Kier alpha value is -2.15. The molecule has 0 spiro atoms. The molecule has 0 radical (unpaired) electrons. The Kier molecular flexibility index (Phi) is 6.54. The first-order chi connectivity index (χ1) is 11.5. The van der Waals surface area contributed by atoms with E-state index >= 15 is 0 Å². The Labute approximate surface area is 142 Å². The van der Waals surface area contributed by atoms with Gasteiger partial charge in [0, 0.05) is 39.3 Å². The van der Waals surface area contributed by atoms with Crippen LogP contribution in [0.2, 0.25) is 0 Å². The van der Waals surface area contributed by atoms with E-state index in [4.69, 9.17) is 4.74 Å². The van der Waals surface area contributed by atoms with Crippen molar-refractivity contribution in [2.75, 3.05) is 31.1 Å². The van der Waals surface area contributed by atoms with Crippen LogP contribution in [-0.2, 0) is 9.53 Å². The molecule has 2 heterocycles. The van der Waals surface area contributed by atoms with Crippen LogP contribution in [0.3, 0.4) is 0 Å². The molecule has 0 aliphatic carbocycles. The number of carbonyl (C=O) groups excluding carboxylic acids is 2. The number of morpholine rings is 1. The van der Waals surface area contributed by atoms with Crippen molar-refractivity contribution in [2.24, 2.45) is 0 Å². The smallest absolute Gasteiger partial charge is 0.252 e. The van der Waals surface area contributed by atoms with Crippen LogP contribution in [0.1, 0.15) is 37.6 Å². The molecule has 132 valence electrons. The van der Waals surface area contributed by atoms with E-state index in [9.17, 15) is 9.59 Å². The molecule has 0 bridgehead atoms. The second kappa shape index (κ2) is 8.63. The van der Waals surface area contributed by atoms with Gasteiger partial charge in [-0.3, -0.25) is 9.59 Å². The summed E-state index contributed by atoms with van der Waals surface area (Å²) in [6, 6.07) is 3.66. The van der Waals surface area contributed by atoms with Crippen LogP contribution in [0.15, 0.2) is 18.3 Å². The predicted molar refractivity (Wildman–Crippen MR) is 92.1 cm³/mol. The van der Waals surface area contributed by atoms with Gasteiger partial charge >= 0.3 is 0 Å². The Morgan fingerprint density at radius 1 is 1.21 bits per heavy atom. The van der Waals surface area contributed by atoms with Crippen molar-refractivity contribution >= 4 is 17.6 Å². The third-order valence-corrected chi connectivity index (χ3v) is 3.77. The number of aromatic nitrogens is 1. The Morgan fingerprint density at radius 3 is 2.46 bits per heavy atom. The molecule has 1 saturated heterocycles. The average molecular weight is 334 g/mol. The summed E-state index contributed by atoms with van der Waals surface area (Å²) < 4.78 is 5.72. The van der Waals surface area contributed by atoms with Crippen molar-refractivity contribution in [3.63, 3.8) is 0 Å². The molecule has 0 unspecified atom stereocenters. The fraction of sp³-hybridized carbons (Fsp3) is 0.588. The standard InChI is InChI=1S/C17H26N4O3/c1-12-10-21(11-13(2)24-12)16-6-5-15(9-20-16)17(23)19-8-4-7-18-14(3)22/h5-6,9,12-13H,4,7-8,10-11H2,1-3H3,(H,18,22)(H,19,23)/t12-,13-/m1/s1. The average Bonchev–Trinajstić information content (AvgIpc) is 2.53.